The molecule has 4 rings (SSSR count). The average molecular weight is 300 g/mol. The number of benzene rings is 1. The van der Waals surface area contributed by atoms with Gasteiger partial charge < -0.3 is 10.6 Å². The van der Waals surface area contributed by atoms with Crippen molar-refractivity contribution in [3.8, 4) is 0 Å². The molecular weight excluding hydrogens is 286 g/mol. The molecule has 0 radical (unpaired) electrons. The Bertz CT molecular complexity index is 759. The van der Waals surface area contributed by atoms with Gasteiger partial charge in [-0.25, -0.2) is 0 Å². The second-order valence-electron chi connectivity index (χ2n) is 5.56. The molecule has 4 nitrogen and oxygen atoms in total. The number of hydrogen-bond acceptors (Lipinski definition) is 3. The number of anilines is 1. The zero-order chi connectivity index (χ0) is 14.6. The summed E-state index contributed by atoms with van der Waals surface area (Å²) in [5.74, 6) is 0.0114. The van der Waals surface area contributed by atoms with Crippen molar-refractivity contribution in [2.45, 2.75) is 25.4 Å². The van der Waals surface area contributed by atoms with Gasteiger partial charge >= 0.3 is 0 Å². The number of halogens is 1. The van der Waals surface area contributed by atoms with Crippen LogP contribution in [0.3, 0.4) is 0 Å². The summed E-state index contributed by atoms with van der Waals surface area (Å²) >= 11 is 6.02. The summed E-state index contributed by atoms with van der Waals surface area (Å²) < 4.78 is 0. The van der Waals surface area contributed by atoms with E-state index in [-0.39, 0.29) is 11.9 Å². The van der Waals surface area contributed by atoms with Crippen LogP contribution in [0.2, 0.25) is 5.02 Å². The fourth-order valence-corrected chi connectivity index (χ4v) is 3.45. The zero-order valence-electron chi connectivity index (χ0n) is 11.3. The smallest absolute Gasteiger partial charge is 0.258 e. The number of rotatable bonds is 1. The van der Waals surface area contributed by atoms with Gasteiger partial charge in [-0.3, -0.25) is 9.78 Å². The van der Waals surface area contributed by atoms with E-state index in [4.69, 9.17) is 17.3 Å². The third-order valence-electron chi connectivity index (χ3n) is 4.34. The zero-order valence-corrected chi connectivity index (χ0v) is 12.1. The molecule has 0 spiro atoms. The minimum Gasteiger partial charge on any atom is -0.324 e. The van der Waals surface area contributed by atoms with Crippen LogP contribution in [-0.2, 0) is 13.0 Å². The monoisotopic (exact) mass is 299 g/mol. The molecule has 2 heterocycles. The van der Waals surface area contributed by atoms with Crippen molar-refractivity contribution >= 4 is 23.2 Å². The van der Waals surface area contributed by atoms with E-state index in [9.17, 15) is 4.79 Å². The van der Waals surface area contributed by atoms with Crippen LogP contribution in [0.15, 0.2) is 30.6 Å². The topological polar surface area (TPSA) is 59.2 Å². The molecule has 106 valence electrons. The number of nitrogens with zero attached hydrogens (tertiary/aromatic N) is 2. The number of carbonyl (C=O) groups is 1. The highest BCUT2D eigenvalue weighted by molar-refractivity contribution is 6.31. The molecule has 0 saturated heterocycles. The van der Waals surface area contributed by atoms with E-state index in [2.05, 4.69) is 4.98 Å². The second kappa shape index (κ2) is 4.55. The Kier molecular flexibility index (Phi) is 2.77. The van der Waals surface area contributed by atoms with Crippen molar-refractivity contribution in [2.75, 3.05) is 4.90 Å². The quantitative estimate of drug-likeness (QED) is 0.881. The Morgan fingerprint density at radius 1 is 1.33 bits per heavy atom. The molecule has 5 heteroatoms. The summed E-state index contributed by atoms with van der Waals surface area (Å²) in [5, 5.41) is 0.654. The summed E-state index contributed by atoms with van der Waals surface area (Å²) in [6, 6.07) is 5.44. The fourth-order valence-electron chi connectivity index (χ4n) is 3.26. The average Bonchev–Trinajstić information content (AvgIpc) is 3.00. The van der Waals surface area contributed by atoms with Crippen molar-refractivity contribution in [2.24, 2.45) is 5.73 Å². The number of amides is 1. The highest BCUT2D eigenvalue weighted by Crippen LogP contribution is 2.38. The largest absolute Gasteiger partial charge is 0.324 e. The Balaban J connectivity index is 1.79. The first-order chi connectivity index (χ1) is 10.1. The van der Waals surface area contributed by atoms with Gasteiger partial charge in [0.15, 0.2) is 0 Å². The first-order valence-corrected chi connectivity index (χ1v) is 7.35. The Hall–Kier alpha value is -1.91. The maximum Gasteiger partial charge on any atom is 0.258 e. The molecule has 0 unspecified atom stereocenters. The van der Waals surface area contributed by atoms with Crippen molar-refractivity contribution < 1.29 is 4.79 Å². The number of carbonyl (C=O) groups excluding carboxylic acids is 1. The SMILES string of the molecule is N[C@@H]1CCc2c1cncc2N1Cc2cc(Cl)ccc2C1=O. The van der Waals surface area contributed by atoms with Crippen LogP contribution in [0.5, 0.6) is 0 Å². The third kappa shape index (κ3) is 1.87. The number of pyridine rings is 1. The lowest BCUT2D eigenvalue weighted by Gasteiger charge is -2.19. The second-order valence-corrected chi connectivity index (χ2v) is 6.00. The highest BCUT2D eigenvalue weighted by atomic mass is 35.5. The Morgan fingerprint density at radius 2 is 2.19 bits per heavy atom. The summed E-state index contributed by atoms with van der Waals surface area (Å²) in [6.07, 6.45) is 5.40. The van der Waals surface area contributed by atoms with E-state index in [1.54, 1.807) is 23.2 Å². The molecule has 0 fully saturated rings. The van der Waals surface area contributed by atoms with Crippen molar-refractivity contribution in [1.29, 1.82) is 0 Å². The number of fused-ring (bicyclic) bond motifs is 2. The predicted molar refractivity (Wildman–Crippen MR) is 81.5 cm³/mol. The highest BCUT2D eigenvalue weighted by Gasteiger charge is 2.32. The van der Waals surface area contributed by atoms with Crippen LogP contribution in [0.1, 0.15) is 39.5 Å². The van der Waals surface area contributed by atoms with Crippen molar-refractivity contribution in [3.05, 3.63) is 57.9 Å². The molecule has 1 aromatic heterocycles. The predicted octanol–water partition coefficient (Wildman–Crippen LogP) is 2.84. The maximum atomic E-state index is 12.6. The lowest BCUT2D eigenvalue weighted by Crippen LogP contribution is -2.24. The van der Waals surface area contributed by atoms with Gasteiger partial charge in [-0.1, -0.05) is 11.6 Å². The molecule has 2 N–H and O–H groups in total. The van der Waals surface area contributed by atoms with Gasteiger partial charge in [0, 0.05) is 22.8 Å². The van der Waals surface area contributed by atoms with Crippen LogP contribution in [0, 0.1) is 0 Å². The first kappa shape index (κ1) is 12.8. The lowest BCUT2D eigenvalue weighted by molar-refractivity contribution is 0.0996. The van der Waals surface area contributed by atoms with Crippen LogP contribution in [0.4, 0.5) is 5.69 Å². The number of aromatic nitrogens is 1. The number of hydrogen-bond donors (Lipinski definition) is 1. The molecule has 2 aliphatic rings. The van der Waals surface area contributed by atoms with Crippen LogP contribution in [0.25, 0.3) is 0 Å². The van der Waals surface area contributed by atoms with Crippen LogP contribution in [-0.4, -0.2) is 10.9 Å². The van der Waals surface area contributed by atoms with E-state index in [0.717, 1.165) is 40.8 Å². The summed E-state index contributed by atoms with van der Waals surface area (Å²) in [7, 11) is 0. The van der Waals surface area contributed by atoms with Gasteiger partial charge in [0.2, 0.25) is 0 Å². The molecule has 1 aliphatic heterocycles. The molecule has 0 bridgehead atoms. The summed E-state index contributed by atoms with van der Waals surface area (Å²) in [6.45, 7) is 0.544. The van der Waals surface area contributed by atoms with Gasteiger partial charge in [-0.05, 0) is 47.7 Å². The van der Waals surface area contributed by atoms with Gasteiger partial charge in [0.05, 0.1) is 18.4 Å². The number of nitrogens with two attached hydrogens (primary N) is 1. The van der Waals surface area contributed by atoms with Crippen LogP contribution >= 0.6 is 11.6 Å². The molecule has 1 amide bonds. The first-order valence-electron chi connectivity index (χ1n) is 6.98. The lowest BCUT2D eigenvalue weighted by atomic mass is 10.1. The molecule has 21 heavy (non-hydrogen) atoms. The Labute approximate surface area is 127 Å². The minimum absolute atomic E-state index is 0.0114. The molecule has 1 atom stereocenters. The van der Waals surface area contributed by atoms with E-state index in [1.807, 2.05) is 12.3 Å². The van der Waals surface area contributed by atoms with Gasteiger partial charge in [0.1, 0.15) is 0 Å². The molecule has 2 aromatic rings. The maximum absolute atomic E-state index is 12.6. The molecule has 0 saturated carbocycles. The van der Waals surface area contributed by atoms with Gasteiger partial charge in [0.25, 0.3) is 5.91 Å². The fraction of sp³-hybridized carbons (Fsp3) is 0.250. The summed E-state index contributed by atoms with van der Waals surface area (Å²) in [4.78, 5) is 18.7. The van der Waals surface area contributed by atoms with E-state index in [0.29, 0.717) is 11.6 Å². The summed E-state index contributed by atoms with van der Waals surface area (Å²) in [5.41, 5.74) is 10.9. The van der Waals surface area contributed by atoms with E-state index >= 15 is 0 Å². The Morgan fingerprint density at radius 3 is 3.05 bits per heavy atom. The van der Waals surface area contributed by atoms with E-state index in [1.165, 1.54) is 0 Å². The van der Waals surface area contributed by atoms with Gasteiger partial charge in [-0.15, -0.1) is 0 Å². The standard InChI is InChI=1S/C16H14ClN3O/c17-10-1-2-11-9(5-10)8-20(16(11)21)15-7-19-6-13-12(15)3-4-14(13)18/h1-2,5-7,14H,3-4,8,18H2/t14-/m1/s1. The van der Waals surface area contributed by atoms with E-state index < -0.39 is 0 Å². The van der Waals surface area contributed by atoms with Gasteiger partial charge in [-0.2, -0.15) is 0 Å². The van der Waals surface area contributed by atoms with Crippen LogP contribution < -0.4 is 10.6 Å². The molecule has 1 aliphatic carbocycles. The van der Waals surface area contributed by atoms with Crippen molar-refractivity contribution in [3.63, 3.8) is 0 Å². The molecule has 1 aromatic carbocycles. The normalized spacial score (nSPS) is 19.8. The minimum atomic E-state index is 0.0114. The van der Waals surface area contributed by atoms with Crippen molar-refractivity contribution in [1.82, 2.24) is 4.98 Å². The molecular formula is C16H14ClN3O. The third-order valence-corrected chi connectivity index (χ3v) is 4.57.